The summed E-state index contributed by atoms with van der Waals surface area (Å²) in [6.07, 6.45) is 1.40. The maximum Gasteiger partial charge on any atom is 0.240 e. The van der Waals surface area contributed by atoms with Gasteiger partial charge in [0.25, 0.3) is 0 Å². The van der Waals surface area contributed by atoms with E-state index >= 15 is 0 Å². The van der Waals surface area contributed by atoms with Gasteiger partial charge in [-0.05, 0) is 19.3 Å². The molecule has 2 aliphatic heterocycles. The second-order valence-corrected chi connectivity index (χ2v) is 6.24. The normalized spacial score (nSPS) is 40.8. The van der Waals surface area contributed by atoms with Crippen LogP contribution in [0.3, 0.4) is 0 Å². The van der Waals surface area contributed by atoms with Crippen molar-refractivity contribution < 1.29 is 14.3 Å². The lowest BCUT2D eigenvalue weighted by Gasteiger charge is -2.30. The molecule has 6 heteroatoms. The van der Waals surface area contributed by atoms with Gasteiger partial charge in [0, 0.05) is 25.6 Å². The van der Waals surface area contributed by atoms with Gasteiger partial charge in [0.2, 0.25) is 11.8 Å². The molecular formula is C14H23N3O3. The molecule has 5 atom stereocenters. The van der Waals surface area contributed by atoms with E-state index in [0.29, 0.717) is 38.1 Å². The molecule has 2 saturated heterocycles. The summed E-state index contributed by atoms with van der Waals surface area (Å²) >= 11 is 0. The Balaban J connectivity index is 1.53. The number of carbonyl (C=O) groups excluding carboxylic acids is 2. The molecule has 2 N–H and O–H groups in total. The highest BCUT2D eigenvalue weighted by Gasteiger charge is 2.45. The van der Waals surface area contributed by atoms with Gasteiger partial charge in [-0.3, -0.25) is 9.59 Å². The van der Waals surface area contributed by atoms with E-state index in [1.165, 1.54) is 0 Å². The number of hydrogen-bond acceptors (Lipinski definition) is 4. The number of nitrogens with zero attached hydrogens (tertiary/aromatic N) is 1. The first-order chi connectivity index (χ1) is 9.56. The smallest absolute Gasteiger partial charge is 0.240 e. The number of rotatable bonds is 3. The summed E-state index contributed by atoms with van der Waals surface area (Å²) < 4.78 is 5.48. The van der Waals surface area contributed by atoms with E-state index in [1.54, 1.807) is 0 Å². The fourth-order valence-electron chi connectivity index (χ4n) is 3.20. The Morgan fingerprint density at radius 3 is 2.85 bits per heavy atom. The summed E-state index contributed by atoms with van der Waals surface area (Å²) in [5, 5.41) is 6.16. The van der Waals surface area contributed by atoms with E-state index in [-0.39, 0.29) is 30.0 Å². The largest absolute Gasteiger partial charge is 0.375 e. The Labute approximate surface area is 119 Å². The zero-order valence-corrected chi connectivity index (χ0v) is 12.1. The third kappa shape index (κ3) is 2.67. The van der Waals surface area contributed by atoms with E-state index in [9.17, 15) is 9.59 Å². The lowest BCUT2D eigenvalue weighted by Crippen LogP contribution is -2.57. The molecule has 0 bridgehead atoms. The third-order valence-electron chi connectivity index (χ3n) is 4.57. The van der Waals surface area contributed by atoms with E-state index in [2.05, 4.69) is 17.6 Å². The second-order valence-electron chi connectivity index (χ2n) is 6.24. The van der Waals surface area contributed by atoms with E-state index < -0.39 is 0 Å². The minimum Gasteiger partial charge on any atom is -0.375 e. The van der Waals surface area contributed by atoms with Gasteiger partial charge in [0.15, 0.2) is 0 Å². The van der Waals surface area contributed by atoms with Crippen LogP contribution in [0.25, 0.3) is 0 Å². The van der Waals surface area contributed by atoms with Crippen LogP contribution in [0.1, 0.15) is 26.7 Å². The van der Waals surface area contributed by atoms with Gasteiger partial charge in [-0.15, -0.1) is 0 Å². The van der Waals surface area contributed by atoms with E-state index in [1.807, 2.05) is 11.8 Å². The van der Waals surface area contributed by atoms with E-state index in [0.717, 1.165) is 6.42 Å². The van der Waals surface area contributed by atoms with Gasteiger partial charge in [-0.2, -0.15) is 0 Å². The predicted molar refractivity (Wildman–Crippen MR) is 73.0 cm³/mol. The molecule has 3 fully saturated rings. The lowest BCUT2D eigenvalue weighted by molar-refractivity contribution is -0.129. The first-order valence-electron chi connectivity index (χ1n) is 7.51. The molecule has 3 rings (SSSR count). The number of hydrogen-bond donors (Lipinski definition) is 2. The predicted octanol–water partition coefficient (Wildman–Crippen LogP) is -0.511. The zero-order chi connectivity index (χ0) is 14.3. The van der Waals surface area contributed by atoms with Crippen molar-refractivity contribution in [3.63, 3.8) is 0 Å². The van der Waals surface area contributed by atoms with Crippen LogP contribution >= 0.6 is 0 Å². The summed E-state index contributed by atoms with van der Waals surface area (Å²) in [6.45, 7) is 6.04. The van der Waals surface area contributed by atoms with Gasteiger partial charge in [0.1, 0.15) is 6.04 Å². The molecule has 1 saturated carbocycles. The highest BCUT2D eigenvalue weighted by Crippen LogP contribution is 2.37. The number of morpholine rings is 1. The molecule has 3 unspecified atom stereocenters. The fourth-order valence-corrected chi connectivity index (χ4v) is 3.20. The third-order valence-corrected chi connectivity index (χ3v) is 4.57. The molecule has 2 amide bonds. The van der Waals surface area contributed by atoms with Crippen molar-refractivity contribution in [2.75, 3.05) is 19.7 Å². The van der Waals surface area contributed by atoms with Gasteiger partial charge in [-0.25, -0.2) is 0 Å². The van der Waals surface area contributed by atoms with Gasteiger partial charge >= 0.3 is 0 Å². The summed E-state index contributed by atoms with van der Waals surface area (Å²) in [7, 11) is 0. The summed E-state index contributed by atoms with van der Waals surface area (Å²) in [4.78, 5) is 26.1. The Morgan fingerprint density at radius 1 is 1.45 bits per heavy atom. The molecule has 0 spiro atoms. The average Bonchev–Trinajstić information content (AvgIpc) is 3.01. The number of likely N-dealkylation sites (tertiary alicyclic amines) is 1. The van der Waals surface area contributed by atoms with Crippen molar-refractivity contribution >= 4 is 11.8 Å². The van der Waals surface area contributed by atoms with Crippen molar-refractivity contribution in [2.24, 2.45) is 5.92 Å². The molecule has 0 aromatic carbocycles. The Kier molecular flexibility index (Phi) is 3.69. The molecular weight excluding hydrogens is 258 g/mol. The number of carbonyl (C=O) groups is 2. The van der Waals surface area contributed by atoms with Crippen LogP contribution in [0.5, 0.6) is 0 Å². The average molecular weight is 281 g/mol. The molecule has 3 aliphatic rings. The van der Waals surface area contributed by atoms with Crippen molar-refractivity contribution in [3.05, 3.63) is 0 Å². The van der Waals surface area contributed by atoms with Crippen molar-refractivity contribution in [3.8, 4) is 0 Å². The van der Waals surface area contributed by atoms with Crippen LogP contribution in [0.4, 0.5) is 0 Å². The summed E-state index contributed by atoms with van der Waals surface area (Å²) in [5.74, 6) is 0.730. The highest BCUT2D eigenvalue weighted by atomic mass is 16.5. The van der Waals surface area contributed by atoms with Crippen LogP contribution in [-0.4, -0.2) is 60.6 Å². The van der Waals surface area contributed by atoms with Crippen LogP contribution in [-0.2, 0) is 14.3 Å². The van der Waals surface area contributed by atoms with Crippen molar-refractivity contribution in [1.82, 2.24) is 15.5 Å². The van der Waals surface area contributed by atoms with Crippen LogP contribution < -0.4 is 10.6 Å². The highest BCUT2D eigenvalue weighted by molar-refractivity contribution is 5.85. The van der Waals surface area contributed by atoms with Gasteiger partial charge < -0.3 is 20.3 Å². The zero-order valence-electron chi connectivity index (χ0n) is 12.1. The monoisotopic (exact) mass is 281 g/mol. The molecule has 2 heterocycles. The first-order valence-corrected chi connectivity index (χ1v) is 7.51. The molecule has 0 aromatic heterocycles. The standard InChI is InChI=1S/C14H23N3O3/c1-8-5-11(8)17-7-10(6-12(17)18)16-14(19)13-9(2)20-4-3-15-13/h8-11,13,15H,3-7H2,1-2H3,(H,16,19)/t8?,9-,10?,11?,13+/m1/s1. The maximum atomic E-state index is 12.2. The molecule has 1 aliphatic carbocycles. The molecule has 6 nitrogen and oxygen atoms in total. The molecule has 0 radical (unpaired) electrons. The Hall–Kier alpha value is -1.14. The number of nitrogens with one attached hydrogen (secondary N) is 2. The summed E-state index contributed by atoms with van der Waals surface area (Å²) in [5.41, 5.74) is 0. The van der Waals surface area contributed by atoms with Crippen molar-refractivity contribution in [1.29, 1.82) is 0 Å². The lowest BCUT2D eigenvalue weighted by atomic mass is 10.1. The minimum atomic E-state index is -0.312. The molecule has 112 valence electrons. The van der Waals surface area contributed by atoms with Crippen LogP contribution in [0, 0.1) is 5.92 Å². The number of ether oxygens (including phenoxy) is 1. The fraction of sp³-hybridized carbons (Fsp3) is 0.857. The van der Waals surface area contributed by atoms with E-state index in [4.69, 9.17) is 4.74 Å². The SMILES string of the molecule is CC1CC1N1CC(NC(=O)[C@H]2NCCO[C@@H]2C)CC1=O. The summed E-state index contributed by atoms with van der Waals surface area (Å²) in [6, 6.07) is 0.0333. The second kappa shape index (κ2) is 5.33. The Bertz CT molecular complexity index is 414. The van der Waals surface area contributed by atoms with Crippen molar-refractivity contribution in [2.45, 2.75) is 50.9 Å². The maximum absolute atomic E-state index is 12.2. The van der Waals surface area contributed by atoms with Crippen LogP contribution in [0.15, 0.2) is 0 Å². The van der Waals surface area contributed by atoms with Gasteiger partial charge in [0.05, 0.1) is 18.8 Å². The minimum absolute atomic E-state index is 0.0549. The first kappa shape index (κ1) is 13.8. The quantitative estimate of drug-likeness (QED) is 0.731. The number of amides is 2. The molecule has 20 heavy (non-hydrogen) atoms. The molecule has 0 aromatic rings. The van der Waals surface area contributed by atoms with Gasteiger partial charge in [-0.1, -0.05) is 6.92 Å². The van der Waals surface area contributed by atoms with Crippen LogP contribution in [0.2, 0.25) is 0 Å². The Morgan fingerprint density at radius 2 is 2.20 bits per heavy atom. The topological polar surface area (TPSA) is 70.7 Å².